The second-order valence-electron chi connectivity index (χ2n) is 3.47. The number of ether oxygens (including phenoxy) is 1. The lowest BCUT2D eigenvalue weighted by Crippen LogP contribution is -1.98. The molecule has 5 nitrogen and oxygen atoms in total. The van der Waals surface area contributed by atoms with Crippen LogP contribution in [0.5, 0.6) is 5.75 Å². The minimum absolute atomic E-state index is 0.745. The quantitative estimate of drug-likeness (QED) is 0.701. The molecule has 0 bridgehead atoms. The van der Waals surface area contributed by atoms with Crippen molar-refractivity contribution in [2.24, 2.45) is 0 Å². The highest BCUT2D eigenvalue weighted by molar-refractivity contribution is 6.13. The summed E-state index contributed by atoms with van der Waals surface area (Å²) in [6.45, 7) is 0. The molecule has 2 rings (SSSR count). The normalized spacial score (nSPS) is 11.5. The average Bonchev–Trinajstić information content (AvgIpc) is 2.84. The van der Waals surface area contributed by atoms with Crippen LogP contribution in [0.1, 0.15) is 5.56 Å². The topological polar surface area (TPSA) is 73.8 Å². The first-order valence-electron chi connectivity index (χ1n) is 5.20. The standard InChI is InChI=1S/C12H14N4O/c1-14-6-8(5-13)9-3-4-10(17-2)12-11(9)15-7-16-12/h3-7,13-14H,1-2H3,(H,15,16)/b8-6+,13-5?. The number of aromatic nitrogens is 2. The number of rotatable bonds is 4. The van der Waals surface area contributed by atoms with Crippen LogP contribution in [0.25, 0.3) is 16.6 Å². The first-order valence-corrected chi connectivity index (χ1v) is 5.20. The minimum atomic E-state index is 0.745. The highest BCUT2D eigenvalue weighted by atomic mass is 16.5. The molecular weight excluding hydrogens is 216 g/mol. The molecule has 5 heteroatoms. The van der Waals surface area contributed by atoms with Crippen molar-refractivity contribution in [1.82, 2.24) is 15.3 Å². The molecule has 3 N–H and O–H groups in total. The van der Waals surface area contributed by atoms with E-state index in [0.29, 0.717) is 0 Å². The Morgan fingerprint density at radius 2 is 2.35 bits per heavy atom. The molecule has 0 unspecified atom stereocenters. The molecule has 0 saturated carbocycles. The van der Waals surface area contributed by atoms with Crippen LogP contribution in [0.2, 0.25) is 0 Å². The maximum absolute atomic E-state index is 7.43. The van der Waals surface area contributed by atoms with E-state index in [-0.39, 0.29) is 0 Å². The number of aromatic amines is 1. The van der Waals surface area contributed by atoms with Gasteiger partial charge in [-0.3, -0.25) is 0 Å². The number of allylic oxidation sites excluding steroid dienone is 1. The fourth-order valence-corrected chi connectivity index (χ4v) is 1.76. The summed E-state index contributed by atoms with van der Waals surface area (Å²) >= 11 is 0. The van der Waals surface area contributed by atoms with E-state index in [1.807, 2.05) is 12.1 Å². The van der Waals surface area contributed by atoms with Crippen molar-refractivity contribution in [2.45, 2.75) is 0 Å². The zero-order valence-electron chi connectivity index (χ0n) is 9.74. The molecule has 1 aromatic carbocycles. The summed E-state index contributed by atoms with van der Waals surface area (Å²) in [5, 5.41) is 10.3. The number of imidazole rings is 1. The van der Waals surface area contributed by atoms with E-state index in [9.17, 15) is 0 Å². The van der Waals surface area contributed by atoms with E-state index in [4.69, 9.17) is 10.1 Å². The maximum atomic E-state index is 7.43. The van der Waals surface area contributed by atoms with Gasteiger partial charge in [0.1, 0.15) is 11.3 Å². The Morgan fingerprint density at radius 3 is 3.00 bits per heavy atom. The molecule has 0 atom stereocenters. The molecule has 0 aliphatic carbocycles. The Morgan fingerprint density at radius 1 is 1.53 bits per heavy atom. The predicted molar refractivity (Wildman–Crippen MR) is 68.5 cm³/mol. The van der Waals surface area contributed by atoms with Crippen molar-refractivity contribution >= 4 is 22.8 Å². The Balaban J connectivity index is 2.67. The van der Waals surface area contributed by atoms with Crippen LogP contribution in [0, 0.1) is 5.41 Å². The SMILES string of the molecule is CN/C=C(\C=N)c1ccc(OC)c2[nH]cnc12. The Bertz CT molecular complexity index is 571. The summed E-state index contributed by atoms with van der Waals surface area (Å²) < 4.78 is 5.25. The van der Waals surface area contributed by atoms with Gasteiger partial charge in [-0.25, -0.2) is 4.98 Å². The van der Waals surface area contributed by atoms with Crippen molar-refractivity contribution in [2.75, 3.05) is 14.2 Å². The van der Waals surface area contributed by atoms with E-state index in [2.05, 4.69) is 15.3 Å². The van der Waals surface area contributed by atoms with Crippen LogP contribution in [-0.4, -0.2) is 30.3 Å². The third-order valence-electron chi connectivity index (χ3n) is 2.53. The third-order valence-corrected chi connectivity index (χ3v) is 2.53. The van der Waals surface area contributed by atoms with Crippen molar-refractivity contribution in [3.8, 4) is 5.75 Å². The van der Waals surface area contributed by atoms with Gasteiger partial charge in [0.05, 0.1) is 19.0 Å². The average molecular weight is 230 g/mol. The van der Waals surface area contributed by atoms with Crippen LogP contribution >= 0.6 is 0 Å². The highest BCUT2D eigenvalue weighted by Gasteiger charge is 2.10. The fourth-order valence-electron chi connectivity index (χ4n) is 1.76. The molecule has 0 aliphatic heterocycles. The molecule has 0 fully saturated rings. The maximum Gasteiger partial charge on any atom is 0.144 e. The van der Waals surface area contributed by atoms with E-state index in [0.717, 1.165) is 27.9 Å². The van der Waals surface area contributed by atoms with Crippen LogP contribution in [-0.2, 0) is 0 Å². The summed E-state index contributed by atoms with van der Waals surface area (Å²) in [5.41, 5.74) is 3.31. The van der Waals surface area contributed by atoms with E-state index in [1.54, 1.807) is 26.7 Å². The summed E-state index contributed by atoms with van der Waals surface area (Å²) in [5.74, 6) is 0.745. The molecule has 1 heterocycles. The first kappa shape index (κ1) is 11.2. The Hall–Kier alpha value is -2.30. The number of methoxy groups -OCH3 is 1. The minimum Gasteiger partial charge on any atom is -0.494 e. The number of hydrogen-bond acceptors (Lipinski definition) is 4. The van der Waals surface area contributed by atoms with Gasteiger partial charge in [-0.2, -0.15) is 0 Å². The van der Waals surface area contributed by atoms with Gasteiger partial charge in [0.2, 0.25) is 0 Å². The number of H-pyrrole nitrogens is 1. The van der Waals surface area contributed by atoms with E-state index < -0.39 is 0 Å². The van der Waals surface area contributed by atoms with Gasteiger partial charge in [-0.05, 0) is 12.1 Å². The summed E-state index contributed by atoms with van der Waals surface area (Å²) in [6.07, 6.45) is 4.69. The number of benzene rings is 1. The van der Waals surface area contributed by atoms with Crippen LogP contribution in [0.3, 0.4) is 0 Å². The summed E-state index contributed by atoms with van der Waals surface area (Å²) in [7, 11) is 3.42. The molecule has 0 saturated heterocycles. The lowest BCUT2D eigenvalue weighted by Gasteiger charge is -2.06. The van der Waals surface area contributed by atoms with Gasteiger partial charge in [-0.15, -0.1) is 0 Å². The number of hydrogen-bond donors (Lipinski definition) is 3. The van der Waals surface area contributed by atoms with Gasteiger partial charge in [0.25, 0.3) is 0 Å². The number of nitrogens with zero attached hydrogens (tertiary/aromatic N) is 1. The monoisotopic (exact) mass is 230 g/mol. The fraction of sp³-hybridized carbons (Fsp3) is 0.167. The lowest BCUT2D eigenvalue weighted by molar-refractivity contribution is 0.419. The highest BCUT2D eigenvalue weighted by Crippen LogP contribution is 2.28. The molecule has 0 amide bonds. The second kappa shape index (κ2) is 4.69. The zero-order chi connectivity index (χ0) is 12.3. The lowest BCUT2D eigenvalue weighted by atomic mass is 10.1. The summed E-state index contributed by atoms with van der Waals surface area (Å²) in [4.78, 5) is 7.31. The van der Waals surface area contributed by atoms with Crippen molar-refractivity contribution in [3.05, 3.63) is 30.2 Å². The van der Waals surface area contributed by atoms with E-state index in [1.165, 1.54) is 6.21 Å². The largest absolute Gasteiger partial charge is 0.494 e. The molecule has 17 heavy (non-hydrogen) atoms. The van der Waals surface area contributed by atoms with Crippen molar-refractivity contribution in [3.63, 3.8) is 0 Å². The molecule has 0 aliphatic rings. The molecule has 2 aromatic rings. The Kier molecular flexibility index (Phi) is 3.09. The van der Waals surface area contributed by atoms with Crippen LogP contribution < -0.4 is 10.1 Å². The number of fused-ring (bicyclic) bond motifs is 1. The van der Waals surface area contributed by atoms with Gasteiger partial charge in [-0.1, -0.05) is 0 Å². The van der Waals surface area contributed by atoms with Crippen LogP contribution in [0.4, 0.5) is 0 Å². The molecule has 0 spiro atoms. The van der Waals surface area contributed by atoms with Gasteiger partial charge in [0, 0.05) is 30.6 Å². The molecule has 1 aromatic heterocycles. The van der Waals surface area contributed by atoms with E-state index >= 15 is 0 Å². The van der Waals surface area contributed by atoms with Crippen molar-refractivity contribution in [1.29, 1.82) is 5.41 Å². The van der Waals surface area contributed by atoms with Gasteiger partial charge < -0.3 is 20.4 Å². The van der Waals surface area contributed by atoms with Gasteiger partial charge >= 0.3 is 0 Å². The van der Waals surface area contributed by atoms with Gasteiger partial charge in [0.15, 0.2) is 0 Å². The molecule has 0 radical (unpaired) electrons. The Labute approximate surface area is 99.0 Å². The first-order chi connectivity index (χ1) is 8.31. The second-order valence-corrected chi connectivity index (χ2v) is 3.47. The zero-order valence-corrected chi connectivity index (χ0v) is 9.74. The van der Waals surface area contributed by atoms with Crippen molar-refractivity contribution < 1.29 is 4.74 Å². The number of nitrogens with one attached hydrogen (secondary N) is 3. The molecule has 88 valence electrons. The third kappa shape index (κ3) is 1.87. The predicted octanol–water partition coefficient (Wildman–Crippen LogP) is 1.78. The molecular formula is C12H14N4O. The smallest absolute Gasteiger partial charge is 0.144 e. The summed E-state index contributed by atoms with van der Waals surface area (Å²) in [6, 6.07) is 3.76. The van der Waals surface area contributed by atoms with Crippen LogP contribution in [0.15, 0.2) is 24.7 Å².